The molecule has 210 valence electrons. The first kappa shape index (κ1) is 27.3. The Bertz CT molecular complexity index is 1780. The summed E-state index contributed by atoms with van der Waals surface area (Å²) < 4.78 is 5.51. The van der Waals surface area contributed by atoms with E-state index in [1.807, 2.05) is 57.2 Å². The van der Waals surface area contributed by atoms with E-state index in [-0.39, 0.29) is 36.0 Å². The summed E-state index contributed by atoms with van der Waals surface area (Å²) in [6.45, 7) is 5.45. The summed E-state index contributed by atoms with van der Waals surface area (Å²) in [6, 6.07) is 19.7. The van der Waals surface area contributed by atoms with Crippen LogP contribution in [0, 0.1) is 32.6 Å². The van der Waals surface area contributed by atoms with Crippen LogP contribution >= 0.6 is 0 Å². The van der Waals surface area contributed by atoms with Gasteiger partial charge in [0, 0.05) is 16.5 Å². The third-order valence-corrected chi connectivity index (χ3v) is 8.28. The Morgan fingerprint density at radius 2 is 1.52 bits per heavy atom. The molecule has 0 unspecified atom stereocenters. The molecule has 2 aliphatic rings. The highest BCUT2D eigenvalue weighted by molar-refractivity contribution is 6.22. The predicted octanol–water partition coefficient (Wildman–Crippen LogP) is 6.32. The van der Waals surface area contributed by atoms with Gasteiger partial charge < -0.3 is 4.74 Å². The molecule has 1 fully saturated rings. The molecule has 0 spiro atoms. The Morgan fingerprint density at radius 1 is 0.833 bits per heavy atom. The average Bonchev–Trinajstić information content (AvgIpc) is 3.26. The third kappa shape index (κ3) is 4.91. The zero-order chi connectivity index (χ0) is 29.5. The van der Waals surface area contributed by atoms with Crippen LogP contribution in [0.3, 0.4) is 0 Å². The van der Waals surface area contributed by atoms with Crippen LogP contribution in [0.2, 0.25) is 0 Å². The van der Waals surface area contributed by atoms with Crippen molar-refractivity contribution in [1.29, 1.82) is 0 Å². The standard InChI is InChI=1S/C35H30N2O5/c1-20-8-15-30-28(16-20)29(35(41)42-19-32(38)24-10-9-21(2)22(3)17-24)18-31(36-30)23-11-13-25(14-12-23)37-33(39)26-6-4-5-7-27(26)34(37)40/h4-5,8-18,26-27H,6-7,19H2,1-3H3/t26-,27+. The number of anilines is 1. The summed E-state index contributed by atoms with van der Waals surface area (Å²) in [5.41, 5.74) is 6.19. The van der Waals surface area contributed by atoms with Crippen LogP contribution < -0.4 is 4.90 Å². The van der Waals surface area contributed by atoms with E-state index >= 15 is 0 Å². The smallest absolute Gasteiger partial charge is 0.339 e. The van der Waals surface area contributed by atoms with Gasteiger partial charge in [-0.2, -0.15) is 0 Å². The molecule has 4 aromatic rings. The maximum atomic E-state index is 13.3. The maximum absolute atomic E-state index is 13.3. The average molecular weight is 559 g/mol. The van der Waals surface area contributed by atoms with Gasteiger partial charge in [-0.25, -0.2) is 9.78 Å². The van der Waals surface area contributed by atoms with Gasteiger partial charge in [0.25, 0.3) is 0 Å². The number of aryl methyl sites for hydroxylation is 3. The number of aromatic nitrogens is 1. The van der Waals surface area contributed by atoms with Crippen molar-refractivity contribution >= 4 is 40.2 Å². The lowest BCUT2D eigenvalue weighted by molar-refractivity contribution is -0.122. The third-order valence-electron chi connectivity index (χ3n) is 8.28. The molecule has 0 bridgehead atoms. The summed E-state index contributed by atoms with van der Waals surface area (Å²) >= 11 is 0. The number of fused-ring (bicyclic) bond motifs is 2. The zero-order valence-corrected chi connectivity index (χ0v) is 23.7. The normalized spacial score (nSPS) is 17.9. The van der Waals surface area contributed by atoms with Crippen molar-refractivity contribution in [2.24, 2.45) is 11.8 Å². The first-order valence-electron chi connectivity index (χ1n) is 14.0. The lowest BCUT2D eigenvalue weighted by Crippen LogP contribution is -2.30. The fraction of sp³-hybridized carbons (Fsp3) is 0.229. The molecule has 2 atom stereocenters. The first-order valence-corrected chi connectivity index (χ1v) is 14.0. The molecule has 42 heavy (non-hydrogen) atoms. The van der Waals surface area contributed by atoms with Crippen molar-refractivity contribution in [3.8, 4) is 11.3 Å². The number of rotatable bonds is 6. The van der Waals surface area contributed by atoms with Crippen molar-refractivity contribution in [2.45, 2.75) is 33.6 Å². The molecule has 7 nitrogen and oxygen atoms in total. The van der Waals surface area contributed by atoms with E-state index in [0.29, 0.717) is 51.8 Å². The number of amides is 2. The first-order chi connectivity index (χ1) is 20.2. The Balaban J connectivity index is 1.28. The SMILES string of the molecule is Cc1ccc2nc(-c3ccc(N4C(=O)[C@H]5CC=CC[C@H]5C4=O)cc3)cc(C(=O)OCC(=O)c3ccc(C)c(C)c3)c2c1. The van der Waals surface area contributed by atoms with Gasteiger partial charge in [-0.15, -0.1) is 0 Å². The molecule has 0 saturated carbocycles. The van der Waals surface area contributed by atoms with Gasteiger partial charge in [0.2, 0.25) is 11.8 Å². The molecule has 3 aromatic carbocycles. The van der Waals surface area contributed by atoms with Crippen molar-refractivity contribution in [1.82, 2.24) is 4.98 Å². The maximum Gasteiger partial charge on any atom is 0.339 e. The fourth-order valence-electron chi connectivity index (χ4n) is 5.70. The molecule has 1 aliphatic heterocycles. The van der Waals surface area contributed by atoms with E-state index in [9.17, 15) is 19.2 Å². The van der Waals surface area contributed by atoms with Gasteiger partial charge in [-0.3, -0.25) is 19.3 Å². The topological polar surface area (TPSA) is 93.6 Å². The zero-order valence-electron chi connectivity index (χ0n) is 23.7. The van der Waals surface area contributed by atoms with E-state index in [0.717, 1.165) is 16.7 Å². The van der Waals surface area contributed by atoms with Gasteiger partial charge >= 0.3 is 5.97 Å². The fourth-order valence-corrected chi connectivity index (χ4v) is 5.70. The molecule has 7 heteroatoms. The van der Waals surface area contributed by atoms with Crippen LogP contribution in [0.4, 0.5) is 5.69 Å². The summed E-state index contributed by atoms with van der Waals surface area (Å²) in [7, 11) is 0. The van der Waals surface area contributed by atoms with Crippen molar-refractivity contribution < 1.29 is 23.9 Å². The molecule has 1 aromatic heterocycles. The highest BCUT2D eigenvalue weighted by atomic mass is 16.5. The minimum atomic E-state index is -0.618. The molecular formula is C35H30N2O5. The van der Waals surface area contributed by atoms with Crippen LogP contribution in [0.5, 0.6) is 0 Å². The molecule has 6 rings (SSSR count). The Hall–Kier alpha value is -4.91. The van der Waals surface area contributed by atoms with E-state index < -0.39 is 5.97 Å². The van der Waals surface area contributed by atoms with Crippen LogP contribution in [-0.2, 0) is 14.3 Å². The molecule has 0 N–H and O–H groups in total. The number of carbonyl (C=O) groups is 4. The summed E-state index contributed by atoms with van der Waals surface area (Å²) in [4.78, 5) is 58.2. The Labute approximate surface area is 243 Å². The number of carbonyl (C=O) groups excluding carboxylic acids is 4. The van der Waals surface area contributed by atoms with Crippen molar-refractivity contribution in [2.75, 3.05) is 11.5 Å². The summed E-state index contributed by atoms with van der Waals surface area (Å²) in [6.07, 6.45) is 5.10. The number of hydrogen-bond acceptors (Lipinski definition) is 6. The number of imide groups is 1. The second-order valence-electron chi connectivity index (χ2n) is 11.1. The number of pyridine rings is 1. The van der Waals surface area contributed by atoms with E-state index in [4.69, 9.17) is 9.72 Å². The van der Waals surface area contributed by atoms with Crippen LogP contribution in [0.15, 0.2) is 78.9 Å². The quantitative estimate of drug-likeness (QED) is 0.119. The second kappa shape index (κ2) is 10.8. The van der Waals surface area contributed by atoms with Gasteiger partial charge in [0.1, 0.15) is 0 Å². The number of ketones is 1. The number of Topliss-reactive ketones (excluding diaryl/α,β-unsaturated/α-hetero) is 1. The van der Waals surface area contributed by atoms with E-state index in [2.05, 4.69) is 0 Å². The largest absolute Gasteiger partial charge is 0.454 e. The molecule has 1 saturated heterocycles. The predicted molar refractivity (Wildman–Crippen MR) is 160 cm³/mol. The monoisotopic (exact) mass is 558 g/mol. The van der Waals surface area contributed by atoms with E-state index in [1.165, 1.54) is 4.90 Å². The lowest BCUT2D eigenvalue weighted by atomic mass is 9.85. The summed E-state index contributed by atoms with van der Waals surface area (Å²) in [5.74, 6) is -1.83. The molecule has 2 amide bonds. The van der Waals surface area contributed by atoms with Crippen molar-refractivity contribution in [3.05, 3.63) is 107 Å². The van der Waals surface area contributed by atoms with Gasteiger partial charge in [0.05, 0.1) is 34.3 Å². The number of hydrogen-bond donors (Lipinski definition) is 0. The van der Waals surface area contributed by atoms with Crippen molar-refractivity contribution in [3.63, 3.8) is 0 Å². The van der Waals surface area contributed by atoms with Crippen LogP contribution in [-0.4, -0.2) is 35.2 Å². The number of nitrogens with zero attached hydrogens (tertiary/aromatic N) is 2. The molecule has 2 heterocycles. The van der Waals surface area contributed by atoms with Gasteiger partial charge in [-0.05, 0) is 81.1 Å². The molecule has 0 radical (unpaired) electrons. The highest BCUT2D eigenvalue weighted by Crippen LogP contribution is 2.38. The summed E-state index contributed by atoms with van der Waals surface area (Å²) in [5, 5.41) is 0.628. The van der Waals surface area contributed by atoms with Gasteiger partial charge in [0.15, 0.2) is 12.4 Å². The highest BCUT2D eigenvalue weighted by Gasteiger charge is 2.47. The molecular weight excluding hydrogens is 528 g/mol. The number of ether oxygens (including phenoxy) is 1. The lowest BCUT2D eigenvalue weighted by Gasteiger charge is -2.15. The van der Waals surface area contributed by atoms with Crippen LogP contribution in [0.25, 0.3) is 22.2 Å². The second-order valence-corrected chi connectivity index (χ2v) is 11.1. The Morgan fingerprint density at radius 3 is 2.19 bits per heavy atom. The van der Waals surface area contributed by atoms with Crippen LogP contribution in [0.1, 0.15) is 50.2 Å². The minimum Gasteiger partial charge on any atom is -0.454 e. The number of allylic oxidation sites excluding steroid dienone is 2. The van der Waals surface area contributed by atoms with E-state index in [1.54, 1.807) is 42.5 Å². The number of esters is 1. The Kier molecular flexibility index (Phi) is 7.02. The molecule has 1 aliphatic carbocycles. The van der Waals surface area contributed by atoms with Gasteiger partial charge in [-0.1, -0.05) is 48.0 Å². The number of benzene rings is 3. The minimum absolute atomic E-state index is 0.165.